The first-order valence-corrected chi connectivity index (χ1v) is 6.81. The molecule has 2 heterocycles. The fourth-order valence-electron chi connectivity index (χ4n) is 2.42. The molecule has 1 aromatic carbocycles. The van der Waals surface area contributed by atoms with E-state index in [4.69, 9.17) is 5.26 Å². The summed E-state index contributed by atoms with van der Waals surface area (Å²) in [6.45, 7) is 1.13. The molecule has 0 saturated carbocycles. The number of nitrogens with one attached hydrogen (secondary N) is 1. The van der Waals surface area contributed by atoms with Crippen LogP contribution < -0.4 is 5.32 Å². The maximum Gasteiger partial charge on any atom is 0.230 e. The normalized spacial score (nSPS) is 17.5. The second-order valence-corrected chi connectivity index (χ2v) is 5.02. The second-order valence-electron chi connectivity index (χ2n) is 5.02. The standard InChI is InChI=1S/C15H15N5O/c16-10-19-7-6-12(8-19)15(21)18-14-9-20(11-17-14)13-4-2-1-3-5-13/h1-5,9,11-12H,6-8H2,(H,18,21). The van der Waals surface area contributed by atoms with Crippen LogP contribution in [0.2, 0.25) is 0 Å². The minimum absolute atomic E-state index is 0.0777. The molecule has 6 nitrogen and oxygen atoms in total. The molecule has 0 radical (unpaired) electrons. The number of likely N-dealkylation sites (tertiary alicyclic amines) is 1. The van der Waals surface area contributed by atoms with Crippen molar-refractivity contribution < 1.29 is 4.79 Å². The highest BCUT2D eigenvalue weighted by molar-refractivity contribution is 5.92. The van der Waals surface area contributed by atoms with Crippen LogP contribution in [0.3, 0.4) is 0 Å². The van der Waals surface area contributed by atoms with Crippen molar-refractivity contribution in [3.63, 3.8) is 0 Å². The molecule has 1 amide bonds. The molecule has 1 aromatic heterocycles. The van der Waals surface area contributed by atoms with Gasteiger partial charge >= 0.3 is 0 Å². The third kappa shape index (κ3) is 2.87. The number of aromatic nitrogens is 2. The molecule has 106 valence electrons. The van der Waals surface area contributed by atoms with E-state index in [1.54, 1.807) is 17.4 Å². The molecule has 1 aliphatic rings. The van der Waals surface area contributed by atoms with Crippen LogP contribution in [0.5, 0.6) is 0 Å². The molecule has 2 aromatic rings. The van der Waals surface area contributed by atoms with Crippen LogP contribution in [0.1, 0.15) is 6.42 Å². The average molecular weight is 281 g/mol. The van der Waals surface area contributed by atoms with Gasteiger partial charge in [0.25, 0.3) is 0 Å². The first-order valence-electron chi connectivity index (χ1n) is 6.81. The van der Waals surface area contributed by atoms with Crippen molar-refractivity contribution in [3.8, 4) is 11.9 Å². The lowest BCUT2D eigenvalue weighted by atomic mass is 10.1. The summed E-state index contributed by atoms with van der Waals surface area (Å²) >= 11 is 0. The molecular weight excluding hydrogens is 266 g/mol. The van der Waals surface area contributed by atoms with Gasteiger partial charge < -0.3 is 14.8 Å². The summed E-state index contributed by atoms with van der Waals surface area (Å²) in [5.74, 6) is 0.303. The molecule has 3 rings (SSSR count). The Morgan fingerprint density at radius 3 is 2.90 bits per heavy atom. The number of carbonyl (C=O) groups excluding carboxylic acids is 1. The van der Waals surface area contributed by atoms with E-state index in [0.717, 1.165) is 5.69 Å². The Kier molecular flexibility index (Phi) is 3.56. The number of anilines is 1. The van der Waals surface area contributed by atoms with Crippen molar-refractivity contribution in [3.05, 3.63) is 42.9 Å². The fraction of sp³-hybridized carbons (Fsp3) is 0.267. The van der Waals surface area contributed by atoms with Crippen molar-refractivity contribution in [2.45, 2.75) is 6.42 Å². The van der Waals surface area contributed by atoms with Crippen LogP contribution in [-0.2, 0) is 4.79 Å². The summed E-state index contributed by atoms with van der Waals surface area (Å²) in [6, 6.07) is 9.78. The van der Waals surface area contributed by atoms with Crippen molar-refractivity contribution >= 4 is 11.7 Å². The van der Waals surface area contributed by atoms with Crippen LogP contribution in [0.25, 0.3) is 5.69 Å². The van der Waals surface area contributed by atoms with Crippen LogP contribution in [-0.4, -0.2) is 33.4 Å². The molecule has 1 fully saturated rings. The van der Waals surface area contributed by atoms with E-state index in [1.165, 1.54) is 0 Å². The lowest BCUT2D eigenvalue weighted by molar-refractivity contribution is -0.119. The van der Waals surface area contributed by atoms with Crippen LogP contribution in [0.15, 0.2) is 42.9 Å². The predicted octanol–water partition coefficient (Wildman–Crippen LogP) is 1.61. The number of carbonyl (C=O) groups is 1. The molecule has 1 N–H and O–H groups in total. The first-order chi connectivity index (χ1) is 10.3. The molecule has 0 bridgehead atoms. The van der Waals surface area contributed by atoms with E-state index >= 15 is 0 Å². The highest BCUT2D eigenvalue weighted by atomic mass is 16.2. The zero-order chi connectivity index (χ0) is 14.7. The van der Waals surface area contributed by atoms with E-state index < -0.39 is 0 Å². The Bertz CT molecular complexity index is 673. The Balaban J connectivity index is 1.65. The van der Waals surface area contributed by atoms with E-state index in [9.17, 15) is 4.79 Å². The topological polar surface area (TPSA) is 74.0 Å². The summed E-state index contributed by atoms with van der Waals surface area (Å²) < 4.78 is 1.85. The lowest BCUT2D eigenvalue weighted by Crippen LogP contribution is -2.25. The van der Waals surface area contributed by atoms with Crippen molar-refractivity contribution in [2.24, 2.45) is 5.92 Å². The number of nitriles is 1. The molecule has 0 aliphatic carbocycles. The number of para-hydroxylation sites is 1. The SMILES string of the molecule is N#CN1CCC(C(=O)Nc2cn(-c3ccccc3)cn2)C1. The summed E-state index contributed by atoms with van der Waals surface area (Å²) in [7, 11) is 0. The number of hydrogen-bond donors (Lipinski definition) is 1. The van der Waals surface area contributed by atoms with Crippen LogP contribution in [0.4, 0.5) is 5.82 Å². The molecule has 1 unspecified atom stereocenters. The quantitative estimate of drug-likeness (QED) is 0.867. The first kappa shape index (κ1) is 13.2. The van der Waals surface area contributed by atoms with Crippen LogP contribution >= 0.6 is 0 Å². The average Bonchev–Trinajstić information content (AvgIpc) is 3.17. The Morgan fingerprint density at radius 1 is 1.38 bits per heavy atom. The minimum Gasteiger partial charge on any atom is -0.310 e. The molecular formula is C15H15N5O. The fourth-order valence-corrected chi connectivity index (χ4v) is 2.42. The highest BCUT2D eigenvalue weighted by Crippen LogP contribution is 2.18. The van der Waals surface area contributed by atoms with Crippen molar-refractivity contribution in [2.75, 3.05) is 18.4 Å². The zero-order valence-corrected chi connectivity index (χ0v) is 11.4. The zero-order valence-electron chi connectivity index (χ0n) is 11.4. The Hall–Kier alpha value is -2.81. The largest absolute Gasteiger partial charge is 0.310 e. The number of imidazole rings is 1. The van der Waals surface area contributed by atoms with Crippen LogP contribution in [0, 0.1) is 17.4 Å². The van der Waals surface area contributed by atoms with Gasteiger partial charge in [-0.05, 0) is 18.6 Å². The maximum atomic E-state index is 12.1. The van der Waals surface area contributed by atoms with Gasteiger partial charge in [0, 0.05) is 18.8 Å². The van der Waals surface area contributed by atoms with E-state index in [0.29, 0.717) is 25.3 Å². The molecule has 6 heteroatoms. The van der Waals surface area contributed by atoms with E-state index in [1.807, 2.05) is 34.9 Å². The van der Waals surface area contributed by atoms with Gasteiger partial charge in [0.05, 0.1) is 12.1 Å². The smallest absolute Gasteiger partial charge is 0.230 e. The van der Waals surface area contributed by atoms with Gasteiger partial charge in [-0.15, -0.1) is 0 Å². The number of hydrogen-bond acceptors (Lipinski definition) is 4. The molecule has 1 atom stereocenters. The molecule has 0 spiro atoms. The van der Waals surface area contributed by atoms with E-state index in [2.05, 4.69) is 16.5 Å². The monoisotopic (exact) mass is 281 g/mol. The third-order valence-corrected chi connectivity index (χ3v) is 3.59. The number of benzene rings is 1. The van der Waals surface area contributed by atoms with Gasteiger partial charge in [-0.2, -0.15) is 5.26 Å². The van der Waals surface area contributed by atoms with Gasteiger partial charge in [0.15, 0.2) is 12.0 Å². The second kappa shape index (κ2) is 5.67. The number of amides is 1. The third-order valence-electron chi connectivity index (χ3n) is 3.59. The van der Waals surface area contributed by atoms with Crippen molar-refractivity contribution in [1.82, 2.24) is 14.5 Å². The predicted molar refractivity (Wildman–Crippen MR) is 77.5 cm³/mol. The minimum atomic E-state index is -0.147. The molecule has 1 aliphatic heterocycles. The Morgan fingerprint density at radius 2 is 2.19 bits per heavy atom. The number of rotatable bonds is 3. The lowest BCUT2D eigenvalue weighted by Gasteiger charge is -2.08. The summed E-state index contributed by atoms with van der Waals surface area (Å²) in [5.41, 5.74) is 0.988. The molecule has 21 heavy (non-hydrogen) atoms. The van der Waals surface area contributed by atoms with Gasteiger partial charge in [-0.25, -0.2) is 4.98 Å². The Labute approximate surface area is 122 Å². The summed E-state index contributed by atoms with van der Waals surface area (Å²) in [4.78, 5) is 17.9. The highest BCUT2D eigenvalue weighted by Gasteiger charge is 2.28. The summed E-state index contributed by atoms with van der Waals surface area (Å²) in [5, 5.41) is 11.6. The van der Waals surface area contributed by atoms with Crippen molar-refractivity contribution in [1.29, 1.82) is 5.26 Å². The molecule has 1 saturated heterocycles. The van der Waals surface area contributed by atoms with Gasteiger partial charge in [0.1, 0.15) is 6.33 Å². The number of nitrogens with zero attached hydrogens (tertiary/aromatic N) is 4. The summed E-state index contributed by atoms with van der Waals surface area (Å²) in [6.07, 6.45) is 6.23. The van der Waals surface area contributed by atoms with Gasteiger partial charge in [-0.3, -0.25) is 4.79 Å². The van der Waals surface area contributed by atoms with Gasteiger partial charge in [0.2, 0.25) is 5.91 Å². The van der Waals surface area contributed by atoms with E-state index in [-0.39, 0.29) is 11.8 Å². The van der Waals surface area contributed by atoms with Gasteiger partial charge in [-0.1, -0.05) is 18.2 Å². The maximum absolute atomic E-state index is 12.1.